The number of halogens is 1. The number of nitrogens with zero attached hydrogens (tertiary/aromatic N) is 2. The molecule has 3 rings (SSSR count). The lowest BCUT2D eigenvalue weighted by atomic mass is 10.1. The lowest BCUT2D eigenvalue weighted by molar-refractivity contribution is 0.0948. The highest BCUT2D eigenvalue weighted by Gasteiger charge is 2.10. The van der Waals surface area contributed by atoms with E-state index in [-0.39, 0.29) is 17.4 Å². The van der Waals surface area contributed by atoms with Crippen LogP contribution in [0.1, 0.15) is 16.1 Å². The number of aromatic nitrogens is 2. The van der Waals surface area contributed by atoms with Crippen LogP contribution in [0.4, 0.5) is 15.9 Å². The number of hydrogen-bond donors (Lipinski definition) is 2. The van der Waals surface area contributed by atoms with Gasteiger partial charge in [-0.15, -0.1) is 10.2 Å². The Balaban J connectivity index is 1.56. The minimum atomic E-state index is -0.326. The second-order valence-electron chi connectivity index (χ2n) is 6.13. The number of carbonyl (C=O) groups is 1. The van der Waals surface area contributed by atoms with E-state index in [1.165, 1.54) is 12.1 Å². The van der Waals surface area contributed by atoms with E-state index in [1.807, 2.05) is 0 Å². The molecular formula is C21H21FN4O3. The zero-order valence-corrected chi connectivity index (χ0v) is 16.1. The van der Waals surface area contributed by atoms with Gasteiger partial charge < -0.3 is 20.1 Å². The average Bonchev–Trinajstić information content (AvgIpc) is 2.76. The van der Waals surface area contributed by atoms with Crippen LogP contribution < -0.4 is 20.1 Å². The van der Waals surface area contributed by atoms with Crippen LogP contribution in [0, 0.1) is 5.82 Å². The van der Waals surface area contributed by atoms with E-state index in [2.05, 4.69) is 20.8 Å². The summed E-state index contributed by atoms with van der Waals surface area (Å²) in [5, 5.41) is 13.9. The number of anilines is 2. The molecule has 0 atom stereocenters. The van der Waals surface area contributed by atoms with Gasteiger partial charge >= 0.3 is 0 Å². The quantitative estimate of drug-likeness (QED) is 0.607. The van der Waals surface area contributed by atoms with Gasteiger partial charge in [0.2, 0.25) is 0 Å². The molecule has 2 N–H and O–H groups in total. The van der Waals surface area contributed by atoms with Crippen LogP contribution >= 0.6 is 0 Å². The molecule has 0 radical (unpaired) electrons. The third kappa shape index (κ3) is 5.41. The first-order valence-corrected chi connectivity index (χ1v) is 8.94. The van der Waals surface area contributed by atoms with Gasteiger partial charge in [0.1, 0.15) is 17.3 Å². The number of methoxy groups -OCH3 is 2. The molecule has 3 aromatic rings. The normalized spacial score (nSPS) is 10.3. The average molecular weight is 396 g/mol. The molecule has 1 heterocycles. The molecular weight excluding hydrogens is 375 g/mol. The van der Waals surface area contributed by atoms with E-state index >= 15 is 0 Å². The number of carbonyl (C=O) groups excluding carboxylic acids is 1. The molecule has 0 saturated carbocycles. The number of hydrogen-bond acceptors (Lipinski definition) is 6. The molecule has 0 saturated heterocycles. The predicted molar refractivity (Wildman–Crippen MR) is 107 cm³/mol. The molecule has 0 unspecified atom stereocenters. The van der Waals surface area contributed by atoms with Crippen molar-refractivity contribution in [1.29, 1.82) is 0 Å². The zero-order chi connectivity index (χ0) is 20.6. The molecule has 7 nitrogen and oxygen atoms in total. The van der Waals surface area contributed by atoms with E-state index in [0.717, 1.165) is 5.56 Å². The first kappa shape index (κ1) is 20.1. The van der Waals surface area contributed by atoms with Crippen molar-refractivity contribution in [2.45, 2.75) is 6.42 Å². The number of amides is 1. The van der Waals surface area contributed by atoms with Crippen molar-refractivity contribution in [2.75, 3.05) is 26.1 Å². The smallest absolute Gasteiger partial charge is 0.271 e. The lowest BCUT2D eigenvalue weighted by Crippen LogP contribution is -2.26. The molecule has 0 aliphatic rings. The highest BCUT2D eigenvalue weighted by atomic mass is 19.1. The fourth-order valence-corrected chi connectivity index (χ4v) is 2.62. The van der Waals surface area contributed by atoms with Crippen LogP contribution in [0.3, 0.4) is 0 Å². The Labute approximate surface area is 167 Å². The second kappa shape index (κ2) is 9.50. The van der Waals surface area contributed by atoms with Gasteiger partial charge in [0.05, 0.1) is 19.9 Å². The molecule has 2 aromatic carbocycles. The van der Waals surface area contributed by atoms with Gasteiger partial charge in [0.25, 0.3) is 5.91 Å². The van der Waals surface area contributed by atoms with Gasteiger partial charge in [0, 0.05) is 12.6 Å². The van der Waals surface area contributed by atoms with Gasteiger partial charge in [-0.2, -0.15) is 0 Å². The highest BCUT2D eigenvalue weighted by Crippen LogP contribution is 2.30. The summed E-state index contributed by atoms with van der Waals surface area (Å²) < 4.78 is 23.4. The summed E-state index contributed by atoms with van der Waals surface area (Å²) in [6.07, 6.45) is 0.594. The van der Waals surface area contributed by atoms with E-state index in [1.54, 1.807) is 56.7 Å². The van der Waals surface area contributed by atoms with Gasteiger partial charge in [0.15, 0.2) is 11.5 Å². The minimum absolute atomic E-state index is 0.205. The van der Waals surface area contributed by atoms with Crippen molar-refractivity contribution in [1.82, 2.24) is 15.5 Å². The van der Waals surface area contributed by atoms with Crippen LogP contribution in [0.5, 0.6) is 11.5 Å². The number of nitrogens with one attached hydrogen (secondary N) is 2. The molecule has 0 spiro atoms. The molecule has 0 fully saturated rings. The summed E-state index contributed by atoms with van der Waals surface area (Å²) in [5.41, 5.74) is 1.83. The third-order valence-electron chi connectivity index (χ3n) is 4.18. The molecule has 8 heteroatoms. The van der Waals surface area contributed by atoms with Crippen molar-refractivity contribution in [3.05, 3.63) is 71.7 Å². The number of rotatable bonds is 8. The first-order valence-electron chi connectivity index (χ1n) is 8.94. The Morgan fingerprint density at radius 3 is 2.45 bits per heavy atom. The topological polar surface area (TPSA) is 85.4 Å². The van der Waals surface area contributed by atoms with Crippen LogP contribution in [0.15, 0.2) is 54.6 Å². The van der Waals surface area contributed by atoms with Crippen LogP contribution in [0.2, 0.25) is 0 Å². The molecule has 0 aliphatic heterocycles. The summed E-state index contributed by atoms with van der Waals surface area (Å²) in [6, 6.07) is 14.8. The fourth-order valence-electron chi connectivity index (χ4n) is 2.62. The Morgan fingerprint density at radius 1 is 1.00 bits per heavy atom. The fraction of sp³-hybridized carbons (Fsp3) is 0.190. The summed E-state index contributed by atoms with van der Waals surface area (Å²) in [7, 11) is 3.14. The zero-order valence-electron chi connectivity index (χ0n) is 16.1. The standard InChI is InChI=1S/C21H21FN4O3/c1-28-16-7-8-17(19(13-16)29-2)24-20-10-9-18(25-26-20)21(27)23-12-11-14-3-5-15(22)6-4-14/h3-10,13H,11-12H2,1-2H3,(H,23,27)(H,24,26). The Morgan fingerprint density at radius 2 is 1.79 bits per heavy atom. The highest BCUT2D eigenvalue weighted by molar-refractivity contribution is 5.92. The summed E-state index contributed by atoms with van der Waals surface area (Å²) >= 11 is 0. The van der Waals surface area contributed by atoms with E-state index in [9.17, 15) is 9.18 Å². The largest absolute Gasteiger partial charge is 0.497 e. The Bertz CT molecular complexity index is 963. The van der Waals surface area contributed by atoms with Crippen molar-refractivity contribution < 1.29 is 18.7 Å². The summed E-state index contributed by atoms with van der Waals surface area (Å²) in [5.74, 6) is 1.12. The number of benzene rings is 2. The Hall–Kier alpha value is -3.68. The predicted octanol–water partition coefficient (Wildman–Crippen LogP) is 3.35. The third-order valence-corrected chi connectivity index (χ3v) is 4.18. The molecule has 0 aliphatic carbocycles. The first-order chi connectivity index (χ1) is 14.1. The minimum Gasteiger partial charge on any atom is -0.497 e. The number of ether oxygens (including phenoxy) is 2. The van der Waals surface area contributed by atoms with E-state index in [0.29, 0.717) is 36.0 Å². The second-order valence-corrected chi connectivity index (χ2v) is 6.13. The molecule has 29 heavy (non-hydrogen) atoms. The maximum atomic E-state index is 12.9. The van der Waals surface area contributed by atoms with Crippen LogP contribution in [0.25, 0.3) is 0 Å². The molecule has 150 valence electrons. The van der Waals surface area contributed by atoms with Gasteiger partial charge in [-0.25, -0.2) is 4.39 Å². The van der Waals surface area contributed by atoms with Gasteiger partial charge in [-0.1, -0.05) is 12.1 Å². The maximum absolute atomic E-state index is 12.9. The van der Waals surface area contributed by atoms with Crippen molar-refractivity contribution in [3.8, 4) is 11.5 Å². The summed E-state index contributed by atoms with van der Waals surface area (Å²) in [4.78, 5) is 12.2. The van der Waals surface area contributed by atoms with Crippen LogP contribution in [-0.4, -0.2) is 36.9 Å². The SMILES string of the molecule is COc1ccc(Nc2ccc(C(=O)NCCc3ccc(F)cc3)nn2)c(OC)c1. The maximum Gasteiger partial charge on any atom is 0.271 e. The molecule has 0 bridgehead atoms. The van der Waals surface area contributed by atoms with Gasteiger partial charge in [-0.05, 0) is 48.4 Å². The van der Waals surface area contributed by atoms with Crippen molar-refractivity contribution in [3.63, 3.8) is 0 Å². The van der Waals surface area contributed by atoms with E-state index in [4.69, 9.17) is 9.47 Å². The van der Waals surface area contributed by atoms with E-state index < -0.39 is 0 Å². The van der Waals surface area contributed by atoms with Gasteiger partial charge in [-0.3, -0.25) is 4.79 Å². The van der Waals surface area contributed by atoms with Crippen molar-refractivity contribution in [2.24, 2.45) is 0 Å². The molecule has 1 amide bonds. The van der Waals surface area contributed by atoms with Crippen molar-refractivity contribution >= 4 is 17.4 Å². The lowest BCUT2D eigenvalue weighted by Gasteiger charge is -2.11. The molecule has 1 aromatic heterocycles. The monoisotopic (exact) mass is 396 g/mol. The Kier molecular flexibility index (Phi) is 6.57. The van der Waals surface area contributed by atoms with Crippen LogP contribution in [-0.2, 0) is 6.42 Å². The summed E-state index contributed by atoms with van der Waals surface area (Å²) in [6.45, 7) is 0.412.